The molecule has 0 saturated heterocycles. The van der Waals surface area contributed by atoms with E-state index in [1.807, 2.05) is 0 Å². The van der Waals surface area contributed by atoms with E-state index in [1.54, 1.807) is 0 Å². The molecule has 0 fully saturated rings. The summed E-state index contributed by atoms with van der Waals surface area (Å²) in [5, 5.41) is 0. The summed E-state index contributed by atoms with van der Waals surface area (Å²) in [5.41, 5.74) is 0. The molecule has 0 aromatic heterocycles. The number of ether oxygens (including phenoxy) is 1. The average molecular weight is 155 g/mol. The molecule has 0 heterocycles. The smallest absolute Gasteiger partial charge is 0.420 e. The van der Waals surface area contributed by atoms with Crippen LogP contribution in [-0.4, -0.2) is 21.4 Å². The number of hydrogen-bond donors (Lipinski definition) is 0. The molecule has 0 saturated carbocycles. The Labute approximate surface area is 52.7 Å². The molecule has 0 aliphatic heterocycles. The summed E-state index contributed by atoms with van der Waals surface area (Å²) in [6.45, 7) is 1.23. The second kappa shape index (κ2) is 2.77. The summed E-state index contributed by atoms with van der Waals surface area (Å²) in [6.07, 6.45) is 0. The van der Waals surface area contributed by atoms with E-state index in [0.29, 0.717) is 0 Å². The Bertz CT molecular complexity index is 207. The molecule has 4 nitrogen and oxygen atoms in total. The van der Waals surface area contributed by atoms with Gasteiger partial charge in [0.05, 0.1) is 7.11 Å². The number of hydrogen-bond acceptors (Lipinski definition) is 3. The Balaban J connectivity index is 4.32. The maximum atomic E-state index is 11.5. The first-order valence-corrected chi connectivity index (χ1v) is 3.35. The molecule has 0 amide bonds. The van der Waals surface area contributed by atoms with Crippen molar-refractivity contribution >= 4 is 16.3 Å². The Morgan fingerprint density at radius 2 is 2.11 bits per heavy atom. The van der Waals surface area contributed by atoms with Gasteiger partial charge in [0, 0.05) is 6.92 Å². The van der Waals surface area contributed by atoms with Gasteiger partial charge in [0.1, 0.15) is 0 Å². The van der Waals surface area contributed by atoms with Gasteiger partial charge in [-0.25, -0.2) is 0 Å². The van der Waals surface area contributed by atoms with Gasteiger partial charge in [-0.1, -0.05) is 3.89 Å². The normalized spacial score (nSPS) is 13.4. The summed E-state index contributed by atoms with van der Waals surface area (Å²) in [6, 6.07) is 0. The van der Waals surface area contributed by atoms with E-state index in [9.17, 15) is 12.3 Å². The minimum absolute atomic E-state index is 0.225. The molecule has 0 atom stereocenters. The number of nitrogens with zero attached hydrogens (tertiary/aromatic N) is 1. The summed E-state index contributed by atoms with van der Waals surface area (Å²) in [5.74, 6) is -0.225. The Hall–Kier alpha value is -0.650. The molecule has 0 N–H and O–H groups in total. The van der Waals surface area contributed by atoms with Crippen molar-refractivity contribution in [1.29, 1.82) is 0 Å². The number of methoxy groups -OCH3 is 1. The highest BCUT2D eigenvalue weighted by molar-refractivity contribution is 7.85. The third-order valence-electron chi connectivity index (χ3n) is 0.533. The van der Waals surface area contributed by atoms with Crippen LogP contribution in [0.2, 0.25) is 0 Å². The highest BCUT2D eigenvalue weighted by atomic mass is 32.3. The van der Waals surface area contributed by atoms with Crippen LogP contribution in [0, 0.1) is 0 Å². The quantitative estimate of drug-likeness (QED) is 0.310. The molecule has 0 unspecified atom stereocenters. The van der Waals surface area contributed by atoms with Gasteiger partial charge in [-0.05, 0) is 0 Å². The lowest BCUT2D eigenvalue weighted by Crippen LogP contribution is -1.97. The first-order chi connectivity index (χ1) is 3.95. The summed E-state index contributed by atoms with van der Waals surface area (Å²) in [7, 11) is -3.57. The molecular formula is C3H6FNO3S. The topological polar surface area (TPSA) is 55.7 Å². The lowest BCUT2D eigenvalue weighted by Gasteiger charge is -1.91. The molecule has 0 aliphatic carbocycles. The zero-order valence-corrected chi connectivity index (χ0v) is 5.77. The van der Waals surface area contributed by atoms with E-state index in [-0.39, 0.29) is 5.90 Å². The van der Waals surface area contributed by atoms with Gasteiger partial charge in [-0.15, -0.1) is 4.40 Å². The van der Waals surface area contributed by atoms with Crippen LogP contribution >= 0.6 is 0 Å². The fraction of sp³-hybridized carbons (Fsp3) is 0.667. The standard InChI is InChI=1S/C3H6FNO3S/c1-3(8-2)5-9(4,6)7/h1-2H3/b5-3+. The monoisotopic (exact) mass is 155 g/mol. The van der Waals surface area contributed by atoms with E-state index in [4.69, 9.17) is 0 Å². The van der Waals surface area contributed by atoms with Crippen molar-refractivity contribution in [2.75, 3.05) is 7.11 Å². The molecule has 9 heavy (non-hydrogen) atoms. The van der Waals surface area contributed by atoms with Gasteiger partial charge < -0.3 is 4.74 Å². The Kier molecular flexibility index (Phi) is 2.57. The van der Waals surface area contributed by atoms with Crippen LogP contribution in [0.3, 0.4) is 0 Å². The first-order valence-electron chi connectivity index (χ1n) is 2.01. The van der Waals surface area contributed by atoms with Crippen LogP contribution in [0.1, 0.15) is 6.92 Å². The van der Waals surface area contributed by atoms with Gasteiger partial charge in [-0.2, -0.15) is 8.42 Å². The SMILES string of the molecule is CO/C(C)=N/S(=O)(=O)F. The molecule has 0 spiro atoms. The molecule has 0 bridgehead atoms. The first kappa shape index (κ1) is 8.35. The number of halogens is 1. The van der Waals surface area contributed by atoms with Crippen LogP contribution < -0.4 is 0 Å². The van der Waals surface area contributed by atoms with Crippen LogP contribution in [0.4, 0.5) is 3.89 Å². The second-order valence-corrected chi connectivity index (χ2v) is 2.23. The summed E-state index contributed by atoms with van der Waals surface area (Å²) >= 11 is 0. The second-order valence-electron chi connectivity index (χ2n) is 1.23. The third-order valence-corrected chi connectivity index (χ3v) is 1.01. The van der Waals surface area contributed by atoms with E-state index in [1.165, 1.54) is 14.0 Å². The summed E-state index contributed by atoms with van der Waals surface area (Å²) < 4.78 is 37.6. The highest BCUT2D eigenvalue weighted by Gasteiger charge is 2.02. The van der Waals surface area contributed by atoms with E-state index < -0.39 is 10.4 Å². The van der Waals surface area contributed by atoms with Crippen molar-refractivity contribution in [2.45, 2.75) is 6.92 Å². The van der Waals surface area contributed by atoms with Crippen LogP contribution in [0.25, 0.3) is 0 Å². The molecular weight excluding hydrogens is 149 g/mol. The maximum Gasteiger partial charge on any atom is 0.420 e. The Morgan fingerprint density at radius 1 is 1.67 bits per heavy atom. The minimum atomic E-state index is -4.77. The predicted octanol–water partition coefficient (Wildman–Crippen LogP) is 0.266. The lowest BCUT2D eigenvalue weighted by atomic mass is 10.8. The van der Waals surface area contributed by atoms with Crippen LogP contribution in [0.5, 0.6) is 0 Å². The van der Waals surface area contributed by atoms with Crippen LogP contribution in [-0.2, 0) is 15.1 Å². The van der Waals surface area contributed by atoms with Crippen molar-refractivity contribution in [3.63, 3.8) is 0 Å². The van der Waals surface area contributed by atoms with Gasteiger partial charge in [-0.3, -0.25) is 0 Å². The van der Waals surface area contributed by atoms with Gasteiger partial charge >= 0.3 is 10.4 Å². The average Bonchev–Trinajstić information content (AvgIpc) is 1.62. The van der Waals surface area contributed by atoms with Gasteiger partial charge in [0.25, 0.3) is 0 Å². The lowest BCUT2D eigenvalue weighted by molar-refractivity contribution is 0.400. The van der Waals surface area contributed by atoms with Crippen molar-refractivity contribution in [2.24, 2.45) is 4.40 Å². The van der Waals surface area contributed by atoms with Crippen molar-refractivity contribution in [3.8, 4) is 0 Å². The van der Waals surface area contributed by atoms with E-state index in [0.717, 1.165) is 0 Å². The van der Waals surface area contributed by atoms with Crippen molar-refractivity contribution < 1.29 is 17.0 Å². The fourth-order valence-corrected chi connectivity index (χ4v) is 0.572. The molecule has 6 heteroatoms. The minimum Gasteiger partial charge on any atom is -0.484 e. The molecule has 0 rings (SSSR count). The van der Waals surface area contributed by atoms with Crippen molar-refractivity contribution in [3.05, 3.63) is 0 Å². The van der Waals surface area contributed by atoms with Gasteiger partial charge in [0.15, 0.2) is 5.90 Å². The molecule has 54 valence electrons. The predicted molar refractivity (Wildman–Crippen MR) is 30.1 cm³/mol. The van der Waals surface area contributed by atoms with Crippen molar-refractivity contribution in [1.82, 2.24) is 0 Å². The molecule has 0 aromatic carbocycles. The largest absolute Gasteiger partial charge is 0.484 e. The molecule has 0 aromatic rings. The van der Waals surface area contributed by atoms with E-state index >= 15 is 0 Å². The van der Waals surface area contributed by atoms with Crippen LogP contribution in [0.15, 0.2) is 4.40 Å². The molecule has 0 radical (unpaired) electrons. The third kappa shape index (κ3) is 5.22. The maximum absolute atomic E-state index is 11.5. The number of rotatable bonds is 1. The zero-order chi connectivity index (χ0) is 7.49. The Morgan fingerprint density at radius 3 is 2.22 bits per heavy atom. The highest BCUT2D eigenvalue weighted by Crippen LogP contribution is 1.93. The summed E-state index contributed by atoms with van der Waals surface area (Å²) in [4.78, 5) is 0. The fourth-order valence-electron chi connectivity index (χ4n) is 0.191. The zero-order valence-electron chi connectivity index (χ0n) is 4.96. The molecule has 0 aliphatic rings. The van der Waals surface area contributed by atoms with E-state index in [2.05, 4.69) is 9.13 Å². The van der Waals surface area contributed by atoms with Gasteiger partial charge in [0.2, 0.25) is 0 Å².